The largest absolute Gasteiger partial charge is 0.355 e. The van der Waals surface area contributed by atoms with Gasteiger partial charge in [-0.15, -0.1) is 0 Å². The second kappa shape index (κ2) is 8.56. The van der Waals surface area contributed by atoms with Gasteiger partial charge in [0.1, 0.15) is 17.5 Å². The van der Waals surface area contributed by atoms with E-state index >= 15 is 0 Å². The first-order valence-electron chi connectivity index (χ1n) is 8.46. The molecule has 0 saturated carbocycles. The zero-order chi connectivity index (χ0) is 19.2. The van der Waals surface area contributed by atoms with Gasteiger partial charge >= 0.3 is 0 Å². The van der Waals surface area contributed by atoms with Gasteiger partial charge in [-0.25, -0.2) is 13.2 Å². The molecule has 2 nitrogen and oxygen atoms in total. The molecule has 2 N–H and O–H groups in total. The van der Waals surface area contributed by atoms with Crippen molar-refractivity contribution in [1.29, 1.82) is 0 Å². The first-order valence-corrected chi connectivity index (χ1v) is 8.46. The Morgan fingerprint density at radius 3 is 2.19 bits per heavy atom. The van der Waals surface area contributed by atoms with Gasteiger partial charge in [-0.2, -0.15) is 0 Å². The third kappa shape index (κ3) is 4.99. The first kappa shape index (κ1) is 18.7. The maximum Gasteiger partial charge on any atom is 0.149 e. The molecule has 0 unspecified atom stereocenters. The molecule has 0 spiro atoms. The quantitative estimate of drug-likeness (QED) is 0.570. The Morgan fingerprint density at radius 1 is 0.852 bits per heavy atom. The Bertz CT molecular complexity index is 909. The summed E-state index contributed by atoms with van der Waals surface area (Å²) in [5.41, 5.74) is 2.48. The molecule has 3 aromatic rings. The average molecular weight is 368 g/mol. The smallest absolute Gasteiger partial charge is 0.149 e. The molecule has 0 aliphatic heterocycles. The summed E-state index contributed by atoms with van der Waals surface area (Å²) in [6, 6.07) is 18.7. The Balaban J connectivity index is 1.78. The van der Waals surface area contributed by atoms with Crippen molar-refractivity contribution < 1.29 is 13.2 Å². The predicted octanol–water partition coefficient (Wildman–Crippen LogP) is 5.56. The molecule has 138 valence electrons. The zero-order valence-corrected chi connectivity index (χ0v) is 14.6. The van der Waals surface area contributed by atoms with Crippen LogP contribution >= 0.6 is 0 Å². The number of hydrogen-bond donors (Lipinski definition) is 2. The van der Waals surface area contributed by atoms with E-state index in [2.05, 4.69) is 17.2 Å². The summed E-state index contributed by atoms with van der Waals surface area (Å²) in [5.74, 6) is -1.63. The molecule has 0 aliphatic carbocycles. The summed E-state index contributed by atoms with van der Waals surface area (Å²) in [6.07, 6.45) is 0. The van der Waals surface area contributed by atoms with Gasteiger partial charge in [0, 0.05) is 18.3 Å². The number of anilines is 1. The minimum absolute atomic E-state index is 0.144. The van der Waals surface area contributed by atoms with Gasteiger partial charge < -0.3 is 10.6 Å². The fraction of sp³-hybridized carbons (Fsp3) is 0.0909. The number of halogens is 3. The second-order valence-electron chi connectivity index (χ2n) is 6.13. The fourth-order valence-corrected chi connectivity index (χ4v) is 2.75. The molecule has 3 rings (SSSR count). The summed E-state index contributed by atoms with van der Waals surface area (Å²) in [5, 5.41) is 6.26. The van der Waals surface area contributed by atoms with Crippen LogP contribution in [0.1, 0.15) is 17.2 Å². The Morgan fingerprint density at radius 2 is 1.52 bits per heavy atom. The molecular weight excluding hydrogens is 349 g/mol. The van der Waals surface area contributed by atoms with E-state index in [1.54, 1.807) is 12.1 Å². The minimum Gasteiger partial charge on any atom is -0.355 e. The first-order chi connectivity index (χ1) is 13.0. The van der Waals surface area contributed by atoms with Crippen molar-refractivity contribution in [3.05, 3.63) is 114 Å². The molecular formula is C22H19F3N2. The highest BCUT2D eigenvalue weighted by molar-refractivity contribution is 5.51. The summed E-state index contributed by atoms with van der Waals surface area (Å²) < 4.78 is 40.2. The molecule has 0 radical (unpaired) electrons. The van der Waals surface area contributed by atoms with Gasteiger partial charge in [0.25, 0.3) is 0 Å². The summed E-state index contributed by atoms with van der Waals surface area (Å²) in [6.45, 7) is 4.49. The molecule has 0 amide bonds. The summed E-state index contributed by atoms with van der Waals surface area (Å²) in [7, 11) is 0. The maximum absolute atomic E-state index is 14.0. The van der Waals surface area contributed by atoms with Crippen molar-refractivity contribution in [2.75, 3.05) is 5.32 Å². The van der Waals surface area contributed by atoms with Gasteiger partial charge in [0.2, 0.25) is 0 Å². The van der Waals surface area contributed by atoms with Gasteiger partial charge in [0.15, 0.2) is 0 Å². The van der Waals surface area contributed by atoms with Crippen LogP contribution < -0.4 is 10.6 Å². The van der Waals surface area contributed by atoms with Crippen molar-refractivity contribution >= 4 is 5.69 Å². The fourth-order valence-electron chi connectivity index (χ4n) is 2.75. The van der Waals surface area contributed by atoms with Crippen LogP contribution in [0.25, 0.3) is 0 Å². The number of nitrogens with one attached hydrogen (secondary N) is 2. The van der Waals surface area contributed by atoms with E-state index in [0.717, 1.165) is 17.2 Å². The zero-order valence-electron chi connectivity index (χ0n) is 14.6. The molecule has 27 heavy (non-hydrogen) atoms. The van der Waals surface area contributed by atoms with Crippen LogP contribution in [0, 0.1) is 17.5 Å². The lowest BCUT2D eigenvalue weighted by atomic mass is 10.0. The van der Waals surface area contributed by atoms with E-state index in [4.69, 9.17) is 0 Å². The highest BCUT2D eigenvalue weighted by atomic mass is 19.1. The molecule has 3 aromatic carbocycles. The average Bonchev–Trinajstić information content (AvgIpc) is 2.66. The van der Waals surface area contributed by atoms with Crippen molar-refractivity contribution in [3.8, 4) is 0 Å². The van der Waals surface area contributed by atoms with Crippen LogP contribution in [0.5, 0.6) is 0 Å². The predicted molar refractivity (Wildman–Crippen MR) is 102 cm³/mol. The molecule has 0 aliphatic rings. The molecule has 0 bridgehead atoms. The van der Waals surface area contributed by atoms with E-state index in [9.17, 15) is 13.2 Å². The second-order valence-corrected chi connectivity index (χ2v) is 6.13. The molecule has 0 aromatic heterocycles. The van der Waals surface area contributed by atoms with Crippen LogP contribution in [0.2, 0.25) is 0 Å². The van der Waals surface area contributed by atoms with Gasteiger partial charge in [-0.1, -0.05) is 49.0 Å². The summed E-state index contributed by atoms with van der Waals surface area (Å²) >= 11 is 0. The molecule has 5 heteroatoms. The third-order valence-corrected chi connectivity index (χ3v) is 4.13. The number of rotatable bonds is 7. The van der Waals surface area contributed by atoms with Crippen molar-refractivity contribution in [3.63, 3.8) is 0 Å². The molecule has 1 atom stereocenters. The van der Waals surface area contributed by atoms with Gasteiger partial charge in [-0.05, 0) is 35.4 Å². The highest BCUT2D eigenvalue weighted by Gasteiger charge is 2.16. The number of hydrogen-bond acceptors (Lipinski definition) is 2. The normalized spacial score (nSPS) is 11.8. The SMILES string of the molecule is C=C(Nc1ccc(F)cc1F)[C@H](NCc1ccc(F)cc1)c1ccccc1. The van der Waals surface area contributed by atoms with E-state index < -0.39 is 11.6 Å². The lowest BCUT2D eigenvalue weighted by molar-refractivity contribution is 0.580. The van der Waals surface area contributed by atoms with Crippen LogP contribution in [0.3, 0.4) is 0 Å². The highest BCUT2D eigenvalue weighted by Crippen LogP contribution is 2.25. The van der Waals surface area contributed by atoms with E-state index in [1.165, 1.54) is 24.3 Å². The Kier molecular flexibility index (Phi) is 5.94. The van der Waals surface area contributed by atoms with Crippen molar-refractivity contribution in [1.82, 2.24) is 5.32 Å². The lowest BCUT2D eigenvalue weighted by Crippen LogP contribution is -2.25. The molecule has 0 saturated heterocycles. The van der Waals surface area contributed by atoms with Crippen molar-refractivity contribution in [2.24, 2.45) is 0 Å². The molecule has 0 heterocycles. The Hall–Kier alpha value is -3.05. The number of benzene rings is 3. The van der Waals surface area contributed by atoms with Gasteiger partial charge in [0.05, 0.1) is 11.7 Å². The van der Waals surface area contributed by atoms with E-state index in [-0.39, 0.29) is 17.5 Å². The monoisotopic (exact) mass is 368 g/mol. The van der Waals surface area contributed by atoms with E-state index in [0.29, 0.717) is 12.2 Å². The summed E-state index contributed by atoms with van der Waals surface area (Å²) in [4.78, 5) is 0. The standard InChI is InChI=1S/C22H19F3N2/c1-15(27-21-12-11-19(24)13-20(21)25)22(17-5-3-2-4-6-17)26-14-16-7-9-18(23)10-8-16/h2-13,22,26-27H,1,14H2/t22-/m0/s1. The third-order valence-electron chi connectivity index (χ3n) is 4.13. The molecule has 0 fully saturated rings. The minimum atomic E-state index is -0.693. The Labute approximate surface area is 156 Å². The van der Waals surface area contributed by atoms with Crippen LogP contribution in [0.15, 0.2) is 85.1 Å². The van der Waals surface area contributed by atoms with Gasteiger partial charge in [-0.3, -0.25) is 0 Å². The van der Waals surface area contributed by atoms with Crippen molar-refractivity contribution in [2.45, 2.75) is 12.6 Å². The van der Waals surface area contributed by atoms with E-state index in [1.807, 2.05) is 30.3 Å². The van der Waals surface area contributed by atoms with Crippen LogP contribution in [-0.4, -0.2) is 0 Å². The lowest BCUT2D eigenvalue weighted by Gasteiger charge is -2.23. The van der Waals surface area contributed by atoms with Crippen LogP contribution in [-0.2, 0) is 6.54 Å². The maximum atomic E-state index is 14.0. The van der Waals surface area contributed by atoms with Crippen LogP contribution in [0.4, 0.5) is 18.9 Å². The topological polar surface area (TPSA) is 24.1 Å².